The Morgan fingerprint density at radius 2 is 1.30 bits per heavy atom. The predicted molar refractivity (Wildman–Crippen MR) is 97.4 cm³/mol. The van der Waals surface area contributed by atoms with Crippen molar-refractivity contribution < 1.29 is 9.30 Å². The first-order chi connectivity index (χ1) is 11.2. The van der Waals surface area contributed by atoms with Crippen LogP contribution in [0.5, 0.6) is 5.75 Å². The number of hydrogen-bond acceptors (Lipinski definition) is 2. The van der Waals surface area contributed by atoms with Crippen LogP contribution in [0.1, 0.15) is 0 Å². The van der Waals surface area contributed by atoms with Crippen LogP contribution < -0.4 is 20.7 Å². The molecule has 0 aliphatic heterocycles. The molecule has 116 valence electrons. The highest BCUT2D eigenvalue weighted by Gasteiger charge is 2.30. The summed E-state index contributed by atoms with van der Waals surface area (Å²) in [4.78, 5) is 0. The molecule has 0 saturated carbocycles. The topological polar surface area (TPSA) is 26.3 Å². The zero-order valence-corrected chi connectivity index (χ0v) is 14.3. The van der Waals surface area contributed by atoms with E-state index in [4.69, 9.17) is 16.3 Å². The molecule has 3 aromatic carbocycles. The quantitative estimate of drug-likeness (QED) is 0.670. The van der Waals surface area contributed by atoms with Gasteiger partial charge in [-0.3, -0.25) is 0 Å². The van der Waals surface area contributed by atoms with Gasteiger partial charge in [-0.1, -0.05) is 72.3 Å². The SMILES string of the molecule is COc1ccc(P(=O)(c2ccccc2)c2ccccc2)cc1Cl. The van der Waals surface area contributed by atoms with E-state index < -0.39 is 7.14 Å². The first kappa shape index (κ1) is 15.9. The molecule has 0 spiro atoms. The van der Waals surface area contributed by atoms with Crippen molar-refractivity contribution in [3.05, 3.63) is 83.9 Å². The highest BCUT2D eigenvalue weighted by molar-refractivity contribution is 7.85. The Morgan fingerprint density at radius 3 is 1.74 bits per heavy atom. The fraction of sp³-hybridized carbons (Fsp3) is 0.0526. The maximum absolute atomic E-state index is 14.1. The van der Waals surface area contributed by atoms with Gasteiger partial charge in [0.1, 0.15) is 5.75 Å². The van der Waals surface area contributed by atoms with Gasteiger partial charge in [0.2, 0.25) is 0 Å². The van der Waals surface area contributed by atoms with Crippen LogP contribution >= 0.6 is 18.7 Å². The lowest BCUT2D eigenvalue weighted by atomic mass is 10.3. The Morgan fingerprint density at radius 1 is 0.783 bits per heavy atom. The van der Waals surface area contributed by atoms with Gasteiger partial charge in [0.15, 0.2) is 7.14 Å². The minimum atomic E-state index is -2.97. The normalized spacial score (nSPS) is 11.2. The molecular weight excluding hydrogens is 327 g/mol. The fourth-order valence-electron chi connectivity index (χ4n) is 2.57. The predicted octanol–water partition coefficient (Wildman–Crippen LogP) is 3.99. The van der Waals surface area contributed by atoms with Crippen LogP contribution in [0.2, 0.25) is 5.02 Å². The largest absolute Gasteiger partial charge is 0.495 e. The van der Waals surface area contributed by atoms with Gasteiger partial charge in [0.25, 0.3) is 0 Å². The molecular formula is C19H16ClO2P. The lowest BCUT2D eigenvalue weighted by Crippen LogP contribution is -2.25. The van der Waals surface area contributed by atoms with Gasteiger partial charge in [0, 0.05) is 15.9 Å². The minimum Gasteiger partial charge on any atom is -0.495 e. The van der Waals surface area contributed by atoms with Gasteiger partial charge in [0.05, 0.1) is 12.1 Å². The summed E-state index contributed by atoms with van der Waals surface area (Å²) in [6.45, 7) is 0. The van der Waals surface area contributed by atoms with Crippen molar-refractivity contribution in [2.45, 2.75) is 0 Å². The summed E-state index contributed by atoms with van der Waals surface area (Å²) in [5, 5.41) is 2.72. The third-order valence-corrected chi connectivity index (χ3v) is 7.09. The molecule has 0 radical (unpaired) electrons. The van der Waals surface area contributed by atoms with Crippen LogP contribution in [0.15, 0.2) is 78.9 Å². The molecule has 4 heteroatoms. The van der Waals surface area contributed by atoms with Gasteiger partial charge in [-0.25, -0.2) is 0 Å². The summed E-state index contributed by atoms with van der Waals surface area (Å²) in [6.07, 6.45) is 0. The molecule has 0 aliphatic carbocycles. The number of methoxy groups -OCH3 is 1. The second-order valence-electron chi connectivity index (χ2n) is 5.10. The van der Waals surface area contributed by atoms with Crippen molar-refractivity contribution in [1.29, 1.82) is 0 Å². The summed E-state index contributed by atoms with van der Waals surface area (Å²) >= 11 is 6.26. The van der Waals surface area contributed by atoms with Crippen LogP contribution in [0, 0.1) is 0 Å². The molecule has 0 amide bonds. The molecule has 0 fully saturated rings. The molecule has 0 N–H and O–H groups in total. The zero-order chi connectivity index (χ0) is 16.3. The van der Waals surface area contributed by atoms with Crippen LogP contribution in [0.4, 0.5) is 0 Å². The van der Waals surface area contributed by atoms with Crippen molar-refractivity contribution >= 4 is 34.7 Å². The van der Waals surface area contributed by atoms with Crippen molar-refractivity contribution in [3.8, 4) is 5.75 Å². The number of rotatable bonds is 4. The first-order valence-electron chi connectivity index (χ1n) is 7.21. The van der Waals surface area contributed by atoms with Crippen LogP contribution in [0.25, 0.3) is 0 Å². The van der Waals surface area contributed by atoms with Gasteiger partial charge in [-0.05, 0) is 18.2 Å². The minimum absolute atomic E-state index is 0.456. The molecule has 2 nitrogen and oxygen atoms in total. The van der Waals surface area contributed by atoms with Crippen LogP contribution in [-0.2, 0) is 4.57 Å². The van der Waals surface area contributed by atoms with Crippen molar-refractivity contribution in [3.63, 3.8) is 0 Å². The molecule has 0 bridgehead atoms. The van der Waals surface area contributed by atoms with E-state index in [0.717, 1.165) is 10.6 Å². The third-order valence-electron chi connectivity index (χ3n) is 3.74. The van der Waals surface area contributed by atoms with E-state index in [1.54, 1.807) is 19.2 Å². The molecule has 0 aromatic heterocycles. The average molecular weight is 343 g/mol. The first-order valence-corrected chi connectivity index (χ1v) is 9.30. The van der Waals surface area contributed by atoms with Crippen LogP contribution in [0.3, 0.4) is 0 Å². The van der Waals surface area contributed by atoms with E-state index in [2.05, 4.69) is 0 Å². The highest BCUT2D eigenvalue weighted by Crippen LogP contribution is 2.43. The average Bonchev–Trinajstić information content (AvgIpc) is 2.62. The number of benzene rings is 3. The number of ether oxygens (including phenoxy) is 1. The summed E-state index contributed by atoms with van der Waals surface area (Å²) in [5.74, 6) is 0.572. The summed E-state index contributed by atoms with van der Waals surface area (Å²) in [6, 6.07) is 24.3. The summed E-state index contributed by atoms with van der Waals surface area (Å²) in [7, 11) is -1.41. The van der Waals surface area contributed by atoms with E-state index in [0.29, 0.717) is 16.1 Å². The third kappa shape index (κ3) is 2.93. The maximum atomic E-state index is 14.1. The summed E-state index contributed by atoms with van der Waals surface area (Å²) in [5.41, 5.74) is 0. The molecule has 0 unspecified atom stereocenters. The second kappa shape index (κ2) is 6.62. The number of hydrogen-bond donors (Lipinski definition) is 0. The molecule has 3 aromatic rings. The molecule has 0 heterocycles. The van der Waals surface area contributed by atoms with E-state index >= 15 is 0 Å². The lowest BCUT2D eigenvalue weighted by molar-refractivity contribution is 0.415. The molecule has 0 aliphatic rings. The fourth-order valence-corrected chi connectivity index (χ4v) is 5.58. The zero-order valence-electron chi connectivity index (χ0n) is 12.6. The van der Waals surface area contributed by atoms with E-state index in [9.17, 15) is 4.57 Å². The maximum Gasteiger partial charge on any atom is 0.171 e. The summed E-state index contributed by atoms with van der Waals surface area (Å²) < 4.78 is 19.3. The highest BCUT2D eigenvalue weighted by atomic mass is 35.5. The Bertz CT molecular complexity index is 804. The van der Waals surface area contributed by atoms with Gasteiger partial charge < -0.3 is 9.30 Å². The molecule has 23 heavy (non-hydrogen) atoms. The van der Waals surface area contributed by atoms with Crippen molar-refractivity contribution in [2.75, 3.05) is 7.11 Å². The van der Waals surface area contributed by atoms with Crippen LogP contribution in [-0.4, -0.2) is 7.11 Å². The monoisotopic (exact) mass is 342 g/mol. The van der Waals surface area contributed by atoms with Gasteiger partial charge in [-0.2, -0.15) is 0 Å². The lowest BCUT2D eigenvalue weighted by Gasteiger charge is -2.20. The van der Waals surface area contributed by atoms with Crippen molar-refractivity contribution in [1.82, 2.24) is 0 Å². The van der Waals surface area contributed by atoms with E-state index in [-0.39, 0.29) is 0 Å². The van der Waals surface area contributed by atoms with E-state index in [1.807, 2.05) is 66.7 Å². The molecule has 0 saturated heterocycles. The number of halogens is 1. The molecule has 0 atom stereocenters. The Labute approximate surface area is 141 Å². The Hall–Kier alpha value is -2.02. The smallest absolute Gasteiger partial charge is 0.171 e. The molecule has 3 rings (SSSR count). The van der Waals surface area contributed by atoms with E-state index in [1.165, 1.54) is 0 Å². The van der Waals surface area contributed by atoms with Crippen molar-refractivity contribution in [2.24, 2.45) is 0 Å². The Kier molecular flexibility index (Phi) is 4.56. The Balaban J connectivity index is 2.25. The standard InChI is InChI=1S/C19H16ClO2P/c1-22-19-13-12-17(14-18(19)20)23(21,15-8-4-2-5-9-15)16-10-6-3-7-11-16/h2-14H,1H3. The van der Waals surface area contributed by atoms with Gasteiger partial charge >= 0.3 is 0 Å². The second-order valence-corrected chi connectivity index (χ2v) is 8.27. The van der Waals surface area contributed by atoms with Gasteiger partial charge in [-0.15, -0.1) is 0 Å².